The zero-order valence-corrected chi connectivity index (χ0v) is 32.3. The first-order valence-electron chi connectivity index (χ1n) is 18.7. The summed E-state index contributed by atoms with van der Waals surface area (Å²) in [7, 11) is -3.89. The molecule has 0 aromatic heterocycles. The number of fused-ring (bicyclic) bond motifs is 4. The molecule has 1 heterocycles. The molecule has 0 amide bonds. The summed E-state index contributed by atoms with van der Waals surface area (Å²) in [5.41, 5.74) is 5.90. The highest BCUT2D eigenvalue weighted by Gasteiger charge is 2.45. The van der Waals surface area contributed by atoms with Gasteiger partial charge in [-0.15, -0.1) is 0 Å². The van der Waals surface area contributed by atoms with Crippen molar-refractivity contribution in [2.75, 3.05) is 26.3 Å². The molecule has 7 rings (SSSR count). The molecule has 5 aromatic carbocycles. The second kappa shape index (κ2) is 15.0. The van der Waals surface area contributed by atoms with Crippen LogP contribution in [0.5, 0.6) is 0 Å². The number of sulfone groups is 1. The van der Waals surface area contributed by atoms with Crippen molar-refractivity contribution in [2.24, 2.45) is 0 Å². The fourth-order valence-electron chi connectivity index (χ4n) is 8.42. The maximum Gasteiger partial charge on any atom is 0.210 e. The van der Waals surface area contributed by atoms with Crippen LogP contribution in [0.4, 0.5) is 5.69 Å². The van der Waals surface area contributed by atoms with E-state index in [4.69, 9.17) is 0 Å². The quantitative estimate of drug-likeness (QED) is 0.111. The van der Waals surface area contributed by atoms with Crippen LogP contribution in [-0.4, -0.2) is 55.2 Å². The molecule has 0 radical (unpaired) electrons. The van der Waals surface area contributed by atoms with Gasteiger partial charge in [0.15, 0.2) is 12.3 Å². The van der Waals surface area contributed by atoms with Gasteiger partial charge in [0.1, 0.15) is 6.61 Å². The summed E-state index contributed by atoms with van der Waals surface area (Å²) < 4.78 is 31.4. The fourth-order valence-corrected chi connectivity index (χ4v) is 10.2. The summed E-state index contributed by atoms with van der Waals surface area (Å²) in [6.45, 7) is 9.45. The van der Waals surface area contributed by atoms with E-state index in [0.717, 1.165) is 50.0 Å². The number of nitrogens with zero attached hydrogens (tertiary/aromatic N) is 1. The Bertz CT molecular complexity index is 2500. The van der Waals surface area contributed by atoms with Gasteiger partial charge in [0.2, 0.25) is 15.5 Å². The first-order chi connectivity index (χ1) is 26.0. The van der Waals surface area contributed by atoms with Crippen molar-refractivity contribution < 1.29 is 23.2 Å². The van der Waals surface area contributed by atoms with Crippen LogP contribution in [-0.2, 0) is 20.7 Å². The van der Waals surface area contributed by atoms with Crippen molar-refractivity contribution >= 4 is 42.8 Å². The molecule has 6 nitrogen and oxygen atoms in total. The molecule has 0 saturated carbocycles. The van der Waals surface area contributed by atoms with Crippen molar-refractivity contribution in [1.82, 2.24) is 5.32 Å². The topological polar surface area (TPSA) is 89.6 Å². The first-order valence-corrected chi connectivity index (χ1v) is 20.2. The molecule has 0 fully saturated rings. The lowest BCUT2D eigenvalue weighted by Gasteiger charge is -2.31. The minimum Gasteiger partial charge on any atom is -0.395 e. The summed E-state index contributed by atoms with van der Waals surface area (Å²) in [5, 5.41) is 28.1. The molecule has 0 saturated heterocycles. The predicted molar refractivity (Wildman–Crippen MR) is 221 cm³/mol. The number of β-amino-alcohol motifs (C(OH)–C–C–N with tert-alkyl or cyclic N) is 1. The van der Waals surface area contributed by atoms with Crippen molar-refractivity contribution in [1.29, 1.82) is 0 Å². The van der Waals surface area contributed by atoms with Gasteiger partial charge in [-0.05, 0) is 89.2 Å². The van der Waals surface area contributed by atoms with Crippen LogP contribution in [0.15, 0.2) is 160 Å². The molecule has 0 spiro atoms. The summed E-state index contributed by atoms with van der Waals surface area (Å²) in [6, 6.07) is 35.9. The maximum atomic E-state index is 14.6. The van der Waals surface area contributed by atoms with E-state index in [-0.39, 0.29) is 18.1 Å². The first kappa shape index (κ1) is 37.2. The fraction of sp³-hybridized carbons (Fsp3) is 0.255. The highest BCUT2D eigenvalue weighted by molar-refractivity contribution is 7.95. The number of aliphatic hydroxyl groups is 2. The second-order valence-corrected chi connectivity index (χ2v) is 17.0. The lowest BCUT2D eigenvalue weighted by Crippen LogP contribution is -2.32. The number of allylic oxidation sites excluding steroid dienone is 7. The molecule has 2 aliphatic rings. The third kappa shape index (κ3) is 6.66. The van der Waals surface area contributed by atoms with Gasteiger partial charge in [0.25, 0.3) is 0 Å². The Kier molecular flexibility index (Phi) is 10.3. The van der Waals surface area contributed by atoms with Gasteiger partial charge >= 0.3 is 0 Å². The third-order valence-corrected chi connectivity index (χ3v) is 13.1. The Morgan fingerprint density at radius 1 is 0.796 bits per heavy atom. The number of hydrogen-bond donors (Lipinski definition) is 3. The minimum absolute atomic E-state index is 0.0169. The summed E-state index contributed by atoms with van der Waals surface area (Å²) in [6.07, 6.45) is 9.13. The molecule has 0 bridgehead atoms. The largest absolute Gasteiger partial charge is 0.395 e. The lowest BCUT2D eigenvalue weighted by molar-refractivity contribution is -0.440. The monoisotopic (exact) mass is 737 g/mol. The molecule has 0 atom stereocenters. The van der Waals surface area contributed by atoms with Crippen LogP contribution in [0.1, 0.15) is 51.7 Å². The van der Waals surface area contributed by atoms with Gasteiger partial charge in [-0.1, -0.05) is 111 Å². The Labute approximate surface area is 319 Å². The Hall–Kier alpha value is -5.08. The number of hydrogen-bond acceptors (Lipinski definition) is 5. The van der Waals surface area contributed by atoms with Gasteiger partial charge in [0, 0.05) is 35.4 Å². The predicted octanol–water partition coefficient (Wildman–Crippen LogP) is 8.81. The van der Waals surface area contributed by atoms with Crippen molar-refractivity contribution in [3.8, 4) is 0 Å². The van der Waals surface area contributed by atoms with E-state index >= 15 is 0 Å². The smallest absolute Gasteiger partial charge is 0.210 e. The molecule has 0 unspecified atom stereocenters. The van der Waals surface area contributed by atoms with Crippen molar-refractivity contribution in [3.05, 3.63) is 166 Å². The van der Waals surface area contributed by atoms with Crippen LogP contribution >= 0.6 is 0 Å². The zero-order valence-electron chi connectivity index (χ0n) is 31.5. The van der Waals surface area contributed by atoms with Crippen molar-refractivity contribution in [2.45, 2.75) is 56.3 Å². The van der Waals surface area contributed by atoms with Crippen LogP contribution < -0.4 is 5.32 Å². The van der Waals surface area contributed by atoms with Gasteiger partial charge in [-0.3, -0.25) is 0 Å². The molecule has 3 N–H and O–H groups in total. The lowest BCUT2D eigenvalue weighted by atomic mass is 9.78. The van der Waals surface area contributed by atoms with E-state index in [1.807, 2.05) is 42.5 Å². The molecule has 54 heavy (non-hydrogen) atoms. The summed E-state index contributed by atoms with van der Waals surface area (Å²) in [5.74, 6) is 0. The maximum absolute atomic E-state index is 14.6. The van der Waals surface area contributed by atoms with E-state index < -0.39 is 20.7 Å². The molecule has 1 aliphatic carbocycles. The molecular formula is C47H49N2O4S+. The Morgan fingerprint density at radius 2 is 1.46 bits per heavy atom. The van der Waals surface area contributed by atoms with E-state index in [0.29, 0.717) is 30.8 Å². The summed E-state index contributed by atoms with van der Waals surface area (Å²) in [4.78, 5) is 0.589. The van der Waals surface area contributed by atoms with E-state index in [1.165, 1.54) is 10.9 Å². The molecule has 7 heteroatoms. The molecular weight excluding hydrogens is 689 g/mol. The SMILES string of the molecule is CC(C)(C(=CC=C1CCC(C=CC2=[N+](CCO)c3ccc4ccccc4c3C2(C)C)=C1S(=O)(=O)c1ccccc1)NCCO)c1cccc2ccccc12. The van der Waals surface area contributed by atoms with E-state index in [2.05, 4.69) is 104 Å². The Morgan fingerprint density at radius 3 is 2.19 bits per heavy atom. The van der Waals surface area contributed by atoms with Crippen LogP contribution in [0.3, 0.4) is 0 Å². The minimum atomic E-state index is -3.89. The second-order valence-electron chi connectivity index (χ2n) is 15.1. The summed E-state index contributed by atoms with van der Waals surface area (Å²) >= 11 is 0. The highest BCUT2D eigenvalue weighted by Crippen LogP contribution is 2.45. The van der Waals surface area contributed by atoms with Crippen LogP contribution in [0, 0.1) is 0 Å². The highest BCUT2D eigenvalue weighted by atomic mass is 32.2. The van der Waals surface area contributed by atoms with Crippen LogP contribution in [0.2, 0.25) is 0 Å². The molecule has 5 aromatic rings. The number of rotatable bonds is 12. The van der Waals surface area contributed by atoms with Gasteiger partial charge < -0.3 is 15.5 Å². The zero-order chi connectivity index (χ0) is 38.1. The normalized spacial score (nSPS) is 17.1. The number of benzene rings is 5. The number of aliphatic hydroxyl groups excluding tert-OH is 2. The van der Waals surface area contributed by atoms with Gasteiger partial charge in [-0.2, -0.15) is 4.58 Å². The Balaban J connectivity index is 1.36. The molecule has 276 valence electrons. The van der Waals surface area contributed by atoms with E-state index in [1.54, 1.807) is 24.3 Å². The number of nitrogens with one attached hydrogen (secondary N) is 1. The average molecular weight is 738 g/mol. The van der Waals surface area contributed by atoms with Gasteiger partial charge in [0.05, 0.1) is 21.8 Å². The van der Waals surface area contributed by atoms with E-state index in [9.17, 15) is 18.6 Å². The third-order valence-electron chi connectivity index (χ3n) is 11.1. The molecule has 1 aliphatic heterocycles. The van der Waals surface area contributed by atoms with Crippen molar-refractivity contribution in [3.63, 3.8) is 0 Å². The van der Waals surface area contributed by atoms with Crippen LogP contribution in [0.25, 0.3) is 21.5 Å². The standard InChI is InChI=1S/C47H48N2O4S/c1-46(2,40-20-12-15-33-13-8-10-18-38(33)40)42(48-29-31-50)27-24-35-21-22-36(45(35)54(52,53)37-16-6-5-7-17-37)25-28-43-47(3,4)44-39-19-11-9-14-34(39)23-26-41(44)49(43)30-32-51/h5-20,23-28,50-51H,21-22,29-32H2,1-4H3/p+1. The average Bonchev–Trinajstić information content (AvgIpc) is 3.69. The van der Waals surface area contributed by atoms with Gasteiger partial charge in [-0.25, -0.2) is 8.42 Å².